The van der Waals surface area contributed by atoms with Crippen molar-refractivity contribution in [3.63, 3.8) is 0 Å². The van der Waals surface area contributed by atoms with Crippen molar-refractivity contribution in [2.24, 2.45) is 5.73 Å². The third-order valence-electron chi connectivity index (χ3n) is 4.34. The van der Waals surface area contributed by atoms with Crippen LogP contribution in [-0.4, -0.2) is 49.5 Å². The number of aromatic nitrogens is 4. The molecule has 1 amide bonds. The van der Waals surface area contributed by atoms with E-state index in [1.54, 1.807) is 30.5 Å². The second kappa shape index (κ2) is 9.56. The van der Waals surface area contributed by atoms with E-state index in [-0.39, 0.29) is 12.2 Å². The molecular weight excluding hydrogens is 388 g/mol. The summed E-state index contributed by atoms with van der Waals surface area (Å²) < 4.78 is 0. The largest absolute Gasteiger partial charge is 0.480 e. The highest BCUT2D eigenvalue weighted by Gasteiger charge is 2.20. The Morgan fingerprint density at radius 2 is 1.90 bits per heavy atom. The number of hydrogen-bond donors (Lipinski definition) is 5. The zero-order valence-electron chi connectivity index (χ0n) is 16.1. The monoisotopic (exact) mass is 410 g/mol. The molecule has 0 fully saturated rings. The maximum Gasteiger partial charge on any atom is 0.326 e. The summed E-state index contributed by atoms with van der Waals surface area (Å²) in [4.78, 5) is 40.1. The molecule has 11 heteroatoms. The molecule has 0 saturated carbocycles. The molecule has 156 valence electrons. The average molecular weight is 410 g/mol. The van der Waals surface area contributed by atoms with Gasteiger partial charge in [0, 0.05) is 11.3 Å². The molecule has 0 aliphatic carbocycles. The van der Waals surface area contributed by atoms with Crippen LogP contribution in [0.25, 0.3) is 11.2 Å². The molecule has 0 spiro atoms. The highest BCUT2D eigenvalue weighted by molar-refractivity contribution is 5.96. The Morgan fingerprint density at radius 1 is 1.13 bits per heavy atom. The van der Waals surface area contributed by atoms with Crippen molar-refractivity contribution in [1.29, 1.82) is 0 Å². The van der Waals surface area contributed by atoms with Gasteiger partial charge in [0.05, 0.1) is 18.4 Å². The Hall–Kier alpha value is -3.86. The average Bonchev–Trinajstić information content (AvgIpc) is 2.75. The SMILES string of the molecule is NCCC[C@H](NC(=O)c1ccc(NCc2cnc3ncnc(N)c3n2)cc1)C(=O)O. The molecule has 7 N–H and O–H groups in total. The number of anilines is 2. The first-order valence-corrected chi connectivity index (χ1v) is 9.27. The maximum atomic E-state index is 12.3. The minimum Gasteiger partial charge on any atom is -0.480 e. The number of aliphatic carboxylic acids is 1. The van der Waals surface area contributed by atoms with Crippen molar-refractivity contribution < 1.29 is 14.7 Å². The van der Waals surface area contributed by atoms with E-state index in [9.17, 15) is 14.7 Å². The van der Waals surface area contributed by atoms with Crippen molar-refractivity contribution in [2.75, 3.05) is 17.6 Å². The molecule has 0 unspecified atom stereocenters. The first-order valence-electron chi connectivity index (χ1n) is 9.27. The molecule has 3 rings (SSSR count). The minimum absolute atomic E-state index is 0.260. The molecule has 30 heavy (non-hydrogen) atoms. The number of carboxylic acid groups (broad SMARTS) is 1. The van der Waals surface area contributed by atoms with Gasteiger partial charge in [0.1, 0.15) is 12.4 Å². The van der Waals surface area contributed by atoms with E-state index in [2.05, 4.69) is 30.6 Å². The van der Waals surface area contributed by atoms with Gasteiger partial charge in [-0.25, -0.2) is 24.7 Å². The van der Waals surface area contributed by atoms with Gasteiger partial charge in [-0.15, -0.1) is 0 Å². The topological polar surface area (TPSA) is 182 Å². The van der Waals surface area contributed by atoms with Crippen LogP contribution < -0.4 is 22.1 Å². The molecule has 0 aliphatic rings. The van der Waals surface area contributed by atoms with Crippen LogP contribution in [0.4, 0.5) is 11.5 Å². The van der Waals surface area contributed by atoms with Crippen LogP contribution in [0, 0.1) is 0 Å². The van der Waals surface area contributed by atoms with Crippen LogP contribution in [0.3, 0.4) is 0 Å². The summed E-state index contributed by atoms with van der Waals surface area (Å²) in [6, 6.07) is 5.68. The third kappa shape index (κ3) is 5.14. The van der Waals surface area contributed by atoms with Crippen LogP contribution in [0.2, 0.25) is 0 Å². The van der Waals surface area contributed by atoms with E-state index in [1.807, 2.05) is 0 Å². The molecule has 0 saturated heterocycles. The number of hydrogen-bond acceptors (Lipinski definition) is 9. The fourth-order valence-electron chi connectivity index (χ4n) is 2.73. The Morgan fingerprint density at radius 3 is 2.60 bits per heavy atom. The summed E-state index contributed by atoms with van der Waals surface area (Å²) in [5, 5.41) is 14.9. The highest BCUT2D eigenvalue weighted by atomic mass is 16.4. The Bertz CT molecular complexity index is 1040. The van der Waals surface area contributed by atoms with Gasteiger partial charge in [-0.3, -0.25) is 4.79 Å². The number of carboxylic acids is 1. The van der Waals surface area contributed by atoms with E-state index < -0.39 is 17.9 Å². The number of fused-ring (bicyclic) bond motifs is 1. The minimum atomic E-state index is -1.09. The fraction of sp³-hybridized carbons (Fsp3) is 0.263. The number of nitrogens with two attached hydrogens (primary N) is 2. The lowest BCUT2D eigenvalue weighted by molar-refractivity contribution is -0.139. The normalized spacial score (nSPS) is 11.8. The van der Waals surface area contributed by atoms with Gasteiger partial charge < -0.3 is 27.2 Å². The zero-order chi connectivity index (χ0) is 21.5. The quantitative estimate of drug-likeness (QED) is 0.334. The van der Waals surface area contributed by atoms with E-state index >= 15 is 0 Å². The van der Waals surface area contributed by atoms with Crippen molar-refractivity contribution in [3.8, 4) is 0 Å². The molecule has 0 aliphatic heterocycles. The number of nitrogens with one attached hydrogen (secondary N) is 2. The highest BCUT2D eigenvalue weighted by Crippen LogP contribution is 2.14. The molecule has 0 bridgehead atoms. The number of rotatable bonds is 9. The Kier molecular flexibility index (Phi) is 6.65. The molecule has 3 aromatic rings. The lowest BCUT2D eigenvalue weighted by Gasteiger charge is -2.14. The molecule has 1 aromatic carbocycles. The Labute approximate surface area is 172 Å². The van der Waals surface area contributed by atoms with E-state index in [4.69, 9.17) is 11.5 Å². The third-order valence-corrected chi connectivity index (χ3v) is 4.34. The standard InChI is InChI=1S/C19H22N8O3/c20-7-1-2-14(19(29)30)27-18(28)11-3-5-12(6-4-11)22-8-13-9-23-17-15(26-13)16(21)24-10-25-17/h3-6,9-10,14,22H,1-2,7-8,20H2,(H,27,28)(H,29,30)(H2,21,23,24,25)/t14-/m0/s1. The van der Waals surface area contributed by atoms with E-state index in [0.717, 1.165) is 5.69 Å². The number of nitrogens with zero attached hydrogens (tertiary/aromatic N) is 4. The second-order valence-corrected chi connectivity index (χ2v) is 6.52. The van der Waals surface area contributed by atoms with Crippen molar-refractivity contribution in [1.82, 2.24) is 25.3 Å². The van der Waals surface area contributed by atoms with E-state index in [1.165, 1.54) is 6.33 Å². The Balaban J connectivity index is 1.61. The zero-order valence-corrected chi connectivity index (χ0v) is 16.1. The number of carbonyl (C=O) groups excluding carboxylic acids is 1. The number of nitrogen functional groups attached to an aromatic ring is 1. The summed E-state index contributed by atoms with van der Waals surface area (Å²) in [6.07, 6.45) is 3.71. The van der Waals surface area contributed by atoms with Crippen LogP contribution >= 0.6 is 0 Å². The fourth-order valence-corrected chi connectivity index (χ4v) is 2.73. The van der Waals surface area contributed by atoms with Crippen LogP contribution in [0.15, 0.2) is 36.8 Å². The van der Waals surface area contributed by atoms with Gasteiger partial charge in [0.2, 0.25) is 0 Å². The summed E-state index contributed by atoms with van der Waals surface area (Å²) in [5.41, 5.74) is 13.8. The molecule has 1 atom stereocenters. The van der Waals surface area contributed by atoms with Crippen LogP contribution in [0.5, 0.6) is 0 Å². The number of benzene rings is 1. The first kappa shape index (κ1) is 20.9. The van der Waals surface area contributed by atoms with Gasteiger partial charge in [-0.2, -0.15) is 0 Å². The van der Waals surface area contributed by atoms with Gasteiger partial charge >= 0.3 is 5.97 Å². The summed E-state index contributed by atoms with van der Waals surface area (Å²) >= 11 is 0. The van der Waals surface area contributed by atoms with Crippen molar-refractivity contribution in [2.45, 2.75) is 25.4 Å². The van der Waals surface area contributed by atoms with Crippen molar-refractivity contribution >= 4 is 34.5 Å². The molecule has 0 radical (unpaired) electrons. The van der Waals surface area contributed by atoms with Crippen LogP contribution in [-0.2, 0) is 11.3 Å². The molecule has 2 heterocycles. The summed E-state index contributed by atoms with van der Waals surface area (Å²) in [6.45, 7) is 0.740. The van der Waals surface area contributed by atoms with Crippen LogP contribution in [0.1, 0.15) is 28.9 Å². The number of carbonyl (C=O) groups is 2. The predicted octanol–water partition coefficient (Wildman–Crippen LogP) is 0.536. The lowest BCUT2D eigenvalue weighted by atomic mass is 10.1. The predicted molar refractivity (Wildman–Crippen MR) is 110 cm³/mol. The smallest absolute Gasteiger partial charge is 0.326 e. The van der Waals surface area contributed by atoms with Gasteiger partial charge in [0.15, 0.2) is 17.0 Å². The van der Waals surface area contributed by atoms with Gasteiger partial charge in [-0.05, 0) is 43.7 Å². The maximum absolute atomic E-state index is 12.3. The van der Waals surface area contributed by atoms with Gasteiger partial charge in [0.25, 0.3) is 5.91 Å². The summed E-state index contributed by atoms with van der Waals surface area (Å²) in [7, 11) is 0. The summed E-state index contributed by atoms with van der Waals surface area (Å²) in [5.74, 6) is -1.28. The van der Waals surface area contributed by atoms with E-state index in [0.29, 0.717) is 41.9 Å². The molecule has 11 nitrogen and oxygen atoms in total. The lowest BCUT2D eigenvalue weighted by Crippen LogP contribution is -2.41. The second-order valence-electron chi connectivity index (χ2n) is 6.52. The number of amides is 1. The first-order chi connectivity index (χ1) is 14.5. The van der Waals surface area contributed by atoms with Crippen molar-refractivity contribution in [3.05, 3.63) is 48.0 Å². The van der Waals surface area contributed by atoms with Gasteiger partial charge in [-0.1, -0.05) is 0 Å². The molecular formula is C19H22N8O3. The molecule has 2 aromatic heterocycles.